The molecule has 1 amide bonds. The Morgan fingerprint density at radius 3 is 2.69 bits per heavy atom. The highest BCUT2D eigenvalue weighted by Gasteiger charge is 2.30. The Bertz CT molecular complexity index is 1210. The first-order valence-corrected chi connectivity index (χ1v) is 9.97. The minimum absolute atomic E-state index is 0.0141. The van der Waals surface area contributed by atoms with Crippen molar-refractivity contribution in [2.75, 3.05) is 5.32 Å². The lowest BCUT2D eigenvalue weighted by Gasteiger charge is -2.13. The predicted octanol–water partition coefficient (Wildman–Crippen LogP) is 3.59. The Kier molecular flexibility index (Phi) is 5.67. The van der Waals surface area contributed by atoms with E-state index in [2.05, 4.69) is 10.4 Å². The summed E-state index contributed by atoms with van der Waals surface area (Å²) in [6.45, 7) is 1.37. The summed E-state index contributed by atoms with van der Waals surface area (Å²) in [5, 5.41) is 17.7. The minimum Gasteiger partial charge on any atom is -0.448 e. The fourth-order valence-corrected chi connectivity index (χ4v) is 3.63. The molecule has 0 saturated heterocycles. The average molecular weight is 438 g/mol. The molecule has 4 rings (SSSR count). The van der Waals surface area contributed by atoms with Gasteiger partial charge in [-0.1, -0.05) is 18.2 Å². The van der Waals surface area contributed by atoms with Crippen LogP contribution in [0.2, 0.25) is 0 Å². The number of carbonyl (C=O) groups is 2. The molecular weight excluding hydrogens is 419 g/mol. The van der Waals surface area contributed by atoms with E-state index in [1.54, 1.807) is 4.68 Å². The molecule has 164 valence electrons. The standard InChI is InChI=1S/C22H19FN4O5/c1-13(21(28)24-14-10-11-17(23)19(12-14)27(30)31)32-22(29)20-16-8-5-9-18(16)26(25-20)15-6-3-2-4-7-15/h2-4,6-7,10-13H,5,8-9H2,1H3,(H,24,28). The van der Waals surface area contributed by atoms with Crippen LogP contribution in [0, 0.1) is 15.9 Å². The first-order chi connectivity index (χ1) is 15.3. The second-order valence-electron chi connectivity index (χ2n) is 7.33. The van der Waals surface area contributed by atoms with Crippen molar-refractivity contribution in [2.24, 2.45) is 0 Å². The molecule has 0 radical (unpaired) electrons. The maximum absolute atomic E-state index is 13.5. The quantitative estimate of drug-likeness (QED) is 0.357. The van der Waals surface area contributed by atoms with E-state index in [0.717, 1.165) is 41.9 Å². The number of anilines is 1. The molecule has 1 aliphatic carbocycles. The van der Waals surface area contributed by atoms with Crippen molar-refractivity contribution in [3.8, 4) is 5.69 Å². The van der Waals surface area contributed by atoms with Crippen molar-refractivity contribution in [3.63, 3.8) is 0 Å². The molecule has 1 heterocycles. The SMILES string of the molecule is CC(OC(=O)c1nn(-c2ccccc2)c2c1CCC2)C(=O)Nc1ccc(F)c([N+](=O)[O-])c1. The van der Waals surface area contributed by atoms with E-state index in [0.29, 0.717) is 6.42 Å². The number of carbonyl (C=O) groups excluding carboxylic acids is 2. The summed E-state index contributed by atoms with van der Waals surface area (Å²) in [6.07, 6.45) is 1.15. The Morgan fingerprint density at radius 1 is 1.22 bits per heavy atom. The third-order valence-electron chi connectivity index (χ3n) is 5.19. The summed E-state index contributed by atoms with van der Waals surface area (Å²) < 4.78 is 20.5. The van der Waals surface area contributed by atoms with Gasteiger partial charge in [0.1, 0.15) is 0 Å². The normalized spacial score (nSPS) is 13.3. The first-order valence-electron chi connectivity index (χ1n) is 9.97. The smallest absolute Gasteiger partial charge is 0.359 e. The highest BCUT2D eigenvalue weighted by Crippen LogP contribution is 2.28. The van der Waals surface area contributed by atoms with Gasteiger partial charge in [0.15, 0.2) is 11.8 Å². The van der Waals surface area contributed by atoms with Crippen molar-refractivity contribution in [2.45, 2.75) is 32.3 Å². The number of amides is 1. The Hall–Kier alpha value is -4.08. The van der Waals surface area contributed by atoms with Gasteiger partial charge in [0.2, 0.25) is 5.82 Å². The summed E-state index contributed by atoms with van der Waals surface area (Å²) in [5.74, 6) is -2.46. The number of rotatable bonds is 6. The van der Waals surface area contributed by atoms with E-state index in [4.69, 9.17) is 4.74 Å². The van der Waals surface area contributed by atoms with Crippen molar-refractivity contribution >= 4 is 23.3 Å². The van der Waals surface area contributed by atoms with Gasteiger partial charge in [-0.3, -0.25) is 14.9 Å². The Balaban J connectivity index is 1.49. The van der Waals surface area contributed by atoms with E-state index in [9.17, 15) is 24.1 Å². The summed E-state index contributed by atoms with van der Waals surface area (Å²) in [6, 6.07) is 12.4. The molecule has 1 atom stereocenters. The topological polar surface area (TPSA) is 116 Å². The van der Waals surface area contributed by atoms with Gasteiger partial charge < -0.3 is 10.1 Å². The number of aromatic nitrogens is 2. The maximum atomic E-state index is 13.5. The van der Waals surface area contributed by atoms with Crippen LogP contribution in [0.25, 0.3) is 5.69 Å². The van der Waals surface area contributed by atoms with E-state index in [1.807, 2.05) is 30.3 Å². The molecule has 1 aliphatic rings. The molecule has 1 N–H and O–H groups in total. The zero-order valence-electron chi connectivity index (χ0n) is 17.1. The van der Waals surface area contributed by atoms with Crippen molar-refractivity contribution in [1.29, 1.82) is 0 Å². The van der Waals surface area contributed by atoms with Crippen LogP contribution in [0.4, 0.5) is 15.8 Å². The van der Waals surface area contributed by atoms with Gasteiger partial charge in [-0.25, -0.2) is 9.48 Å². The predicted molar refractivity (Wildman–Crippen MR) is 112 cm³/mol. The monoisotopic (exact) mass is 438 g/mol. The molecule has 1 aromatic heterocycles. The number of halogens is 1. The summed E-state index contributed by atoms with van der Waals surface area (Å²) in [4.78, 5) is 35.2. The van der Waals surface area contributed by atoms with E-state index in [1.165, 1.54) is 13.0 Å². The number of ether oxygens (including phenoxy) is 1. The zero-order chi connectivity index (χ0) is 22.8. The molecule has 0 fully saturated rings. The molecule has 10 heteroatoms. The molecule has 1 unspecified atom stereocenters. The molecule has 0 aliphatic heterocycles. The maximum Gasteiger partial charge on any atom is 0.359 e. The highest BCUT2D eigenvalue weighted by atomic mass is 19.1. The first kappa shape index (κ1) is 21.2. The lowest BCUT2D eigenvalue weighted by atomic mass is 10.2. The van der Waals surface area contributed by atoms with Gasteiger partial charge in [0.05, 0.1) is 10.6 Å². The second-order valence-corrected chi connectivity index (χ2v) is 7.33. The number of nitrogens with zero attached hydrogens (tertiary/aromatic N) is 3. The van der Waals surface area contributed by atoms with Crippen LogP contribution in [0.15, 0.2) is 48.5 Å². The van der Waals surface area contributed by atoms with Crippen LogP contribution >= 0.6 is 0 Å². The van der Waals surface area contributed by atoms with Crippen molar-refractivity contribution in [1.82, 2.24) is 9.78 Å². The van der Waals surface area contributed by atoms with Gasteiger partial charge in [-0.2, -0.15) is 9.49 Å². The number of nitro groups is 1. The molecule has 2 aromatic carbocycles. The average Bonchev–Trinajstić information content (AvgIpc) is 3.38. The number of nitrogens with one attached hydrogen (secondary N) is 1. The lowest BCUT2D eigenvalue weighted by Crippen LogP contribution is -2.30. The second kappa shape index (κ2) is 8.58. The van der Waals surface area contributed by atoms with Crippen LogP contribution in [-0.4, -0.2) is 32.7 Å². The third kappa shape index (κ3) is 4.07. The molecule has 0 bridgehead atoms. The number of para-hydroxylation sites is 1. The van der Waals surface area contributed by atoms with Gasteiger partial charge >= 0.3 is 11.7 Å². The Morgan fingerprint density at radius 2 is 1.97 bits per heavy atom. The molecular formula is C22H19FN4O5. The number of fused-ring (bicyclic) bond motifs is 1. The van der Waals surface area contributed by atoms with Crippen LogP contribution < -0.4 is 5.32 Å². The number of hydrogen-bond donors (Lipinski definition) is 1. The van der Waals surface area contributed by atoms with Gasteiger partial charge in [0.25, 0.3) is 5.91 Å². The molecule has 0 spiro atoms. The van der Waals surface area contributed by atoms with E-state index >= 15 is 0 Å². The van der Waals surface area contributed by atoms with Gasteiger partial charge in [-0.15, -0.1) is 0 Å². The van der Waals surface area contributed by atoms with E-state index in [-0.39, 0.29) is 11.4 Å². The number of esters is 1. The summed E-state index contributed by atoms with van der Waals surface area (Å²) in [7, 11) is 0. The largest absolute Gasteiger partial charge is 0.448 e. The van der Waals surface area contributed by atoms with Gasteiger partial charge in [-0.05, 0) is 50.5 Å². The molecule has 32 heavy (non-hydrogen) atoms. The van der Waals surface area contributed by atoms with Crippen LogP contribution in [0.1, 0.15) is 35.1 Å². The van der Waals surface area contributed by atoms with Crippen LogP contribution in [0.3, 0.4) is 0 Å². The third-order valence-corrected chi connectivity index (χ3v) is 5.19. The molecule has 3 aromatic rings. The van der Waals surface area contributed by atoms with Crippen LogP contribution in [-0.2, 0) is 22.4 Å². The summed E-state index contributed by atoms with van der Waals surface area (Å²) >= 11 is 0. The number of benzene rings is 2. The fraction of sp³-hybridized carbons (Fsp3) is 0.227. The number of hydrogen-bond acceptors (Lipinski definition) is 6. The minimum atomic E-state index is -1.20. The highest BCUT2D eigenvalue weighted by molar-refractivity contribution is 5.97. The van der Waals surface area contributed by atoms with Crippen molar-refractivity contribution < 1.29 is 23.6 Å². The molecule has 0 saturated carbocycles. The fourth-order valence-electron chi connectivity index (χ4n) is 3.63. The van der Waals surface area contributed by atoms with Gasteiger partial charge in [0, 0.05) is 23.0 Å². The molecule has 9 nitrogen and oxygen atoms in total. The van der Waals surface area contributed by atoms with E-state index < -0.39 is 34.4 Å². The lowest BCUT2D eigenvalue weighted by molar-refractivity contribution is -0.387. The zero-order valence-corrected chi connectivity index (χ0v) is 17.1. The Labute approximate surface area is 182 Å². The number of nitro benzene ring substituents is 1. The van der Waals surface area contributed by atoms with Crippen LogP contribution in [0.5, 0.6) is 0 Å². The summed E-state index contributed by atoms with van der Waals surface area (Å²) in [5.41, 5.74) is 1.99. The van der Waals surface area contributed by atoms with Crippen molar-refractivity contribution in [3.05, 3.63) is 81.4 Å².